The molecule has 2 nitrogen and oxygen atoms in total. The van der Waals surface area contributed by atoms with E-state index >= 15 is 0 Å². The van der Waals surface area contributed by atoms with Crippen molar-refractivity contribution in [3.05, 3.63) is 29.3 Å². The fourth-order valence-electron chi connectivity index (χ4n) is 2.89. The summed E-state index contributed by atoms with van der Waals surface area (Å²) in [5.41, 5.74) is -0.127. The molecule has 2 aliphatic heterocycles. The standard InChI is InChI=1S/C13H14F3NO/c14-13(15,16)10-1-2-11-9(7-10)8-12(18-11)3-5-17-6-4-12/h1-2,7,17H,3-6,8H2/p+1. The van der Waals surface area contributed by atoms with Gasteiger partial charge in [-0.05, 0) is 23.8 Å². The van der Waals surface area contributed by atoms with Crippen molar-refractivity contribution in [2.24, 2.45) is 0 Å². The Hall–Kier alpha value is -1.23. The summed E-state index contributed by atoms with van der Waals surface area (Å²) in [7, 11) is 0. The van der Waals surface area contributed by atoms with Gasteiger partial charge in [-0.25, -0.2) is 0 Å². The second-order valence-electron chi connectivity index (χ2n) is 5.15. The van der Waals surface area contributed by atoms with Crippen LogP contribution in [0.1, 0.15) is 24.0 Å². The minimum Gasteiger partial charge on any atom is -0.486 e. The molecule has 0 unspecified atom stereocenters. The molecule has 1 aromatic rings. The van der Waals surface area contributed by atoms with E-state index in [-0.39, 0.29) is 5.60 Å². The van der Waals surface area contributed by atoms with Gasteiger partial charge in [-0.3, -0.25) is 0 Å². The Labute approximate surface area is 103 Å². The van der Waals surface area contributed by atoms with Crippen molar-refractivity contribution in [2.45, 2.75) is 31.0 Å². The van der Waals surface area contributed by atoms with Crippen LogP contribution in [-0.4, -0.2) is 18.7 Å². The normalized spacial score (nSPS) is 21.7. The number of ether oxygens (including phenoxy) is 1. The lowest BCUT2D eigenvalue weighted by Gasteiger charge is -2.31. The van der Waals surface area contributed by atoms with E-state index in [4.69, 9.17) is 4.74 Å². The molecule has 2 N–H and O–H groups in total. The molecule has 0 bridgehead atoms. The minimum atomic E-state index is -4.27. The van der Waals surface area contributed by atoms with Crippen LogP contribution in [0.15, 0.2) is 18.2 Å². The SMILES string of the molecule is FC(F)(F)c1ccc2c(c1)CC1(CC[NH2+]CC1)O2. The quantitative estimate of drug-likeness (QED) is 0.753. The predicted molar refractivity (Wildman–Crippen MR) is 59.4 cm³/mol. The van der Waals surface area contributed by atoms with Crippen LogP contribution in [-0.2, 0) is 12.6 Å². The third-order valence-electron chi connectivity index (χ3n) is 3.84. The highest BCUT2D eigenvalue weighted by Crippen LogP contribution is 2.41. The molecule has 98 valence electrons. The number of hydrogen-bond acceptors (Lipinski definition) is 1. The van der Waals surface area contributed by atoms with Crippen LogP contribution in [0.4, 0.5) is 13.2 Å². The van der Waals surface area contributed by atoms with Crippen molar-refractivity contribution < 1.29 is 23.2 Å². The number of piperidine rings is 1. The Balaban J connectivity index is 1.89. The van der Waals surface area contributed by atoms with Gasteiger partial charge >= 0.3 is 6.18 Å². The maximum absolute atomic E-state index is 12.6. The van der Waals surface area contributed by atoms with E-state index in [2.05, 4.69) is 5.32 Å². The average Bonchev–Trinajstić information content (AvgIpc) is 2.65. The molecule has 1 aromatic carbocycles. The molecule has 2 heterocycles. The summed E-state index contributed by atoms with van der Waals surface area (Å²) >= 11 is 0. The number of fused-ring (bicyclic) bond motifs is 1. The van der Waals surface area contributed by atoms with Crippen molar-refractivity contribution >= 4 is 0 Å². The van der Waals surface area contributed by atoms with E-state index < -0.39 is 11.7 Å². The van der Waals surface area contributed by atoms with Crippen molar-refractivity contribution in [2.75, 3.05) is 13.1 Å². The number of benzene rings is 1. The molecule has 0 aromatic heterocycles. The van der Waals surface area contributed by atoms with Gasteiger partial charge in [-0.15, -0.1) is 0 Å². The van der Waals surface area contributed by atoms with Gasteiger partial charge in [-0.2, -0.15) is 13.2 Å². The highest BCUT2D eigenvalue weighted by atomic mass is 19.4. The smallest absolute Gasteiger partial charge is 0.416 e. The highest BCUT2D eigenvalue weighted by molar-refractivity contribution is 5.43. The largest absolute Gasteiger partial charge is 0.486 e. The van der Waals surface area contributed by atoms with Gasteiger partial charge < -0.3 is 10.1 Å². The van der Waals surface area contributed by atoms with Gasteiger partial charge in [0.1, 0.15) is 11.4 Å². The fraction of sp³-hybridized carbons (Fsp3) is 0.538. The average molecular weight is 258 g/mol. The number of nitrogens with two attached hydrogens (primary N) is 1. The first-order valence-corrected chi connectivity index (χ1v) is 6.19. The van der Waals surface area contributed by atoms with Gasteiger partial charge in [0.05, 0.1) is 18.7 Å². The summed E-state index contributed by atoms with van der Waals surface area (Å²) in [6.07, 6.45) is -1.85. The van der Waals surface area contributed by atoms with Gasteiger partial charge in [0.2, 0.25) is 0 Å². The molecule has 3 rings (SSSR count). The predicted octanol–water partition coefficient (Wildman–Crippen LogP) is 1.74. The van der Waals surface area contributed by atoms with Gasteiger partial charge in [-0.1, -0.05) is 0 Å². The van der Waals surface area contributed by atoms with Crippen LogP contribution < -0.4 is 10.1 Å². The molecule has 0 aliphatic carbocycles. The summed E-state index contributed by atoms with van der Waals surface area (Å²) in [5, 5.41) is 2.22. The van der Waals surface area contributed by atoms with Crippen molar-refractivity contribution in [3.63, 3.8) is 0 Å². The zero-order chi connectivity index (χ0) is 12.8. The lowest BCUT2D eigenvalue weighted by atomic mass is 9.87. The molecule has 0 amide bonds. The Kier molecular flexibility index (Phi) is 2.55. The summed E-state index contributed by atoms with van der Waals surface area (Å²) in [4.78, 5) is 0. The van der Waals surface area contributed by atoms with Crippen LogP contribution in [0.25, 0.3) is 0 Å². The van der Waals surface area contributed by atoms with E-state index in [0.29, 0.717) is 17.7 Å². The topological polar surface area (TPSA) is 25.8 Å². The zero-order valence-corrected chi connectivity index (χ0v) is 9.89. The monoisotopic (exact) mass is 258 g/mol. The van der Waals surface area contributed by atoms with Crippen LogP contribution >= 0.6 is 0 Å². The number of alkyl halides is 3. The molecule has 0 atom stereocenters. The van der Waals surface area contributed by atoms with Crippen LogP contribution in [0, 0.1) is 0 Å². The first-order chi connectivity index (χ1) is 8.49. The maximum atomic E-state index is 12.6. The first kappa shape index (κ1) is 11.8. The third-order valence-corrected chi connectivity index (χ3v) is 3.84. The van der Waals surface area contributed by atoms with E-state index in [0.717, 1.165) is 32.0 Å². The fourth-order valence-corrected chi connectivity index (χ4v) is 2.89. The number of quaternary nitrogens is 1. The molecule has 1 spiro atoms. The molecule has 2 aliphatic rings. The second kappa shape index (κ2) is 3.88. The van der Waals surface area contributed by atoms with Gasteiger partial charge in [0, 0.05) is 19.3 Å². The molecule has 18 heavy (non-hydrogen) atoms. The Morgan fingerprint density at radius 2 is 1.89 bits per heavy atom. The molecule has 0 radical (unpaired) electrons. The van der Waals surface area contributed by atoms with Crippen LogP contribution in [0.3, 0.4) is 0 Å². The number of hydrogen-bond donors (Lipinski definition) is 1. The number of rotatable bonds is 0. The Morgan fingerprint density at radius 1 is 1.17 bits per heavy atom. The molecular formula is C13H15F3NO+. The number of halogens is 3. The van der Waals surface area contributed by atoms with Crippen molar-refractivity contribution in [3.8, 4) is 5.75 Å². The summed E-state index contributed by atoms with van der Waals surface area (Å²) in [5.74, 6) is 0.630. The van der Waals surface area contributed by atoms with Crippen LogP contribution in [0.2, 0.25) is 0 Å². The van der Waals surface area contributed by atoms with Crippen molar-refractivity contribution in [1.82, 2.24) is 0 Å². The summed E-state index contributed by atoms with van der Waals surface area (Å²) in [6.45, 7) is 1.97. The molecule has 0 saturated carbocycles. The second-order valence-corrected chi connectivity index (χ2v) is 5.15. The van der Waals surface area contributed by atoms with Crippen LogP contribution in [0.5, 0.6) is 5.75 Å². The van der Waals surface area contributed by atoms with E-state index in [1.807, 2.05) is 0 Å². The third kappa shape index (κ3) is 1.96. The first-order valence-electron chi connectivity index (χ1n) is 6.19. The van der Waals surface area contributed by atoms with E-state index in [1.165, 1.54) is 12.1 Å². The van der Waals surface area contributed by atoms with Gasteiger partial charge in [0.25, 0.3) is 0 Å². The summed E-state index contributed by atoms with van der Waals surface area (Å²) in [6, 6.07) is 3.81. The lowest BCUT2D eigenvalue weighted by Crippen LogP contribution is -2.88. The molecule has 1 saturated heterocycles. The minimum absolute atomic E-state index is 0.249. The van der Waals surface area contributed by atoms with E-state index in [1.54, 1.807) is 0 Å². The molecular weight excluding hydrogens is 243 g/mol. The Morgan fingerprint density at radius 3 is 2.56 bits per heavy atom. The van der Waals surface area contributed by atoms with E-state index in [9.17, 15) is 13.2 Å². The Bertz CT molecular complexity index is 464. The zero-order valence-electron chi connectivity index (χ0n) is 9.89. The molecule has 5 heteroatoms. The highest BCUT2D eigenvalue weighted by Gasteiger charge is 2.42. The molecule has 1 fully saturated rings. The lowest BCUT2D eigenvalue weighted by molar-refractivity contribution is -0.667. The van der Waals surface area contributed by atoms with Gasteiger partial charge in [0.15, 0.2) is 0 Å². The van der Waals surface area contributed by atoms with Crippen molar-refractivity contribution in [1.29, 1.82) is 0 Å². The summed E-state index contributed by atoms with van der Waals surface area (Å²) < 4.78 is 43.8. The maximum Gasteiger partial charge on any atom is 0.416 e.